The van der Waals surface area contributed by atoms with E-state index in [0.29, 0.717) is 11.6 Å². The van der Waals surface area contributed by atoms with Crippen molar-refractivity contribution in [1.29, 1.82) is 0 Å². The molecule has 0 aliphatic carbocycles. The van der Waals surface area contributed by atoms with Crippen molar-refractivity contribution in [2.75, 3.05) is 37.3 Å². The number of anilines is 1. The van der Waals surface area contributed by atoms with Gasteiger partial charge in [0.2, 0.25) is 5.95 Å². The van der Waals surface area contributed by atoms with Gasteiger partial charge in [-0.1, -0.05) is 0 Å². The number of aromatic nitrogens is 2. The van der Waals surface area contributed by atoms with Crippen molar-refractivity contribution in [1.82, 2.24) is 15.3 Å². The number of rotatable bonds is 5. The molecule has 1 aromatic rings. The Balaban J connectivity index is 2.47. The molecule has 0 spiro atoms. The predicted octanol–water partition coefficient (Wildman–Crippen LogP) is 1.19. The Morgan fingerprint density at radius 2 is 2.10 bits per heavy atom. The van der Waals surface area contributed by atoms with Crippen LogP contribution in [-0.4, -0.2) is 50.8 Å². The predicted molar refractivity (Wildman–Crippen MR) is 83.5 cm³/mol. The summed E-state index contributed by atoms with van der Waals surface area (Å²) in [6.45, 7) is 7.45. The molecule has 1 aliphatic rings. The smallest absolute Gasteiger partial charge is 0.225 e. The number of sulfone groups is 1. The Kier molecular flexibility index (Phi) is 5.16. The number of nitrogens with zero attached hydrogens (tertiary/aromatic N) is 3. The summed E-state index contributed by atoms with van der Waals surface area (Å²) in [7, 11) is -3.31. The molecular weight excluding hydrogens is 288 g/mol. The fourth-order valence-corrected chi connectivity index (χ4v) is 3.53. The van der Waals surface area contributed by atoms with Gasteiger partial charge in [-0.15, -0.1) is 0 Å². The van der Waals surface area contributed by atoms with E-state index in [1.807, 2.05) is 18.7 Å². The van der Waals surface area contributed by atoms with Crippen molar-refractivity contribution in [3.05, 3.63) is 11.9 Å². The molecule has 0 radical (unpaired) electrons. The van der Waals surface area contributed by atoms with Crippen molar-refractivity contribution in [2.24, 2.45) is 0 Å². The first-order chi connectivity index (χ1) is 9.97. The highest BCUT2D eigenvalue weighted by Gasteiger charge is 2.25. The first kappa shape index (κ1) is 16.2. The van der Waals surface area contributed by atoms with Crippen molar-refractivity contribution in [2.45, 2.75) is 37.5 Å². The van der Waals surface area contributed by atoms with Gasteiger partial charge in [0.15, 0.2) is 9.84 Å². The van der Waals surface area contributed by atoms with Crippen LogP contribution in [-0.2, 0) is 9.84 Å². The van der Waals surface area contributed by atoms with Crippen molar-refractivity contribution in [3.8, 4) is 0 Å². The van der Waals surface area contributed by atoms with Gasteiger partial charge < -0.3 is 10.2 Å². The molecular formula is C14H24N4O2S. The Hall–Kier alpha value is -1.21. The fraction of sp³-hybridized carbons (Fsp3) is 0.714. The highest BCUT2D eigenvalue weighted by atomic mass is 32.2. The summed E-state index contributed by atoms with van der Waals surface area (Å²) in [6.07, 6.45) is 4.70. The van der Waals surface area contributed by atoms with Gasteiger partial charge in [0.1, 0.15) is 4.90 Å². The SMILES string of the molecule is CCN(CC)c1ncc(S(C)(=O)=O)c(C2CCCNC2)n1. The zero-order valence-corrected chi connectivity index (χ0v) is 13.8. The molecule has 1 unspecified atom stereocenters. The molecule has 1 aliphatic heterocycles. The topological polar surface area (TPSA) is 75.2 Å². The van der Waals surface area contributed by atoms with Crippen LogP contribution in [0.4, 0.5) is 5.95 Å². The molecule has 118 valence electrons. The van der Waals surface area contributed by atoms with E-state index in [4.69, 9.17) is 0 Å². The molecule has 7 heteroatoms. The van der Waals surface area contributed by atoms with Gasteiger partial charge in [0.05, 0.1) is 11.9 Å². The first-order valence-electron chi connectivity index (χ1n) is 7.50. The van der Waals surface area contributed by atoms with E-state index in [2.05, 4.69) is 15.3 Å². The summed E-state index contributed by atoms with van der Waals surface area (Å²) < 4.78 is 24.0. The van der Waals surface area contributed by atoms with E-state index in [1.54, 1.807) is 0 Å². The Morgan fingerprint density at radius 1 is 1.38 bits per heavy atom. The maximum Gasteiger partial charge on any atom is 0.225 e. The summed E-state index contributed by atoms with van der Waals surface area (Å²) in [6, 6.07) is 0. The Morgan fingerprint density at radius 3 is 2.62 bits per heavy atom. The molecule has 1 fully saturated rings. The highest BCUT2D eigenvalue weighted by Crippen LogP contribution is 2.28. The van der Waals surface area contributed by atoms with Gasteiger partial charge >= 0.3 is 0 Å². The third-order valence-electron chi connectivity index (χ3n) is 3.90. The normalized spacial score (nSPS) is 19.5. The monoisotopic (exact) mass is 312 g/mol. The molecule has 1 aromatic heterocycles. The van der Waals surface area contributed by atoms with Crippen molar-refractivity contribution in [3.63, 3.8) is 0 Å². The summed E-state index contributed by atoms with van der Waals surface area (Å²) in [5.74, 6) is 0.758. The van der Waals surface area contributed by atoms with Crippen molar-refractivity contribution >= 4 is 15.8 Å². The van der Waals surface area contributed by atoms with Crippen molar-refractivity contribution < 1.29 is 8.42 Å². The van der Waals surface area contributed by atoms with Crippen LogP contribution < -0.4 is 10.2 Å². The number of piperidine rings is 1. The average molecular weight is 312 g/mol. The lowest BCUT2D eigenvalue weighted by Crippen LogP contribution is -2.31. The number of hydrogen-bond acceptors (Lipinski definition) is 6. The summed E-state index contributed by atoms with van der Waals surface area (Å²) in [5, 5.41) is 3.32. The minimum atomic E-state index is -3.31. The maximum atomic E-state index is 12.0. The van der Waals surface area contributed by atoms with Gasteiger partial charge in [-0.25, -0.2) is 18.4 Å². The average Bonchev–Trinajstić information content (AvgIpc) is 2.48. The Bertz CT molecular complexity index is 579. The lowest BCUT2D eigenvalue weighted by Gasteiger charge is -2.26. The van der Waals surface area contributed by atoms with Gasteiger partial charge in [-0.2, -0.15) is 0 Å². The molecule has 2 heterocycles. The maximum absolute atomic E-state index is 12.0. The van der Waals surface area contributed by atoms with Crippen LogP contribution in [0, 0.1) is 0 Å². The van der Waals surface area contributed by atoms with E-state index >= 15 is 0 Å². The van der Waals surface area contributed by atoms with Gasteiger partial charge in [-0.05, 0) is 33.2 Å². The second-order valence-corrected chi connectivity index (χ2v) is 7.39. The molecule has 1 atom stereocenters. The minimum absolute atomic E-state index is 0.140. The molecule has 21 heavy (non-hydrogen) atoms. The van der Waals surface area contributed by atoms with E-state index in [0.717, 1.165) is 39.0 Å². The minimum Gasteiger partial charge on any atom is -0.341 e. The second-order valence-electron chi connectivity index (χ2n) is 5.41. The number of hydrogen-bond donors (Lipinski definition) is 1. The zero-order valence-electron chi connectivity index (χ0n) is 13.0. The molecule has 0 aromatic carbocycles. The summed E-state index contributed by atoms with van der Waals surface area (Å²) in [5.41, 5.74) is 0.668. The van der Waals surface area contributed by atoms with E-state index in [1.165, 1.54) is 12.5 Å². The molecule has 0 amide bonds. The Labute approximate surface area is 126 Å². The molecule has 0 bridgehead atoms. The lowest BCUT2D eigenvalue weighted by atomic mass is 9.96. The van der Waals surface area contributed by atoms with Crippen LogP contribution in [0.3, 0.4) is 0 Å². The summed E-state index contributed by atoms with van der Waals surface area (Å²) in [4.78, 5) is 11.2. The van der Waals surface area contributed by atoms with Crippen LogP contribution in [0.1, 0.15) is 38.3 Å². The van der Waals surface area contributed by atoms with Crippen LogP contribution in [0.5, 0.6) is 0 Å². The quantitative estimate of drug-likeness (QED) is 0.880. The standard InChI is InChI=1S/C14H24N4O2S/c1-4-18(5-2)14-16-10-12(21(3,19)20)13(17-14)11-7-6-8-15-9-11/h10-11,15H,4-9H2,1-3H3. The van der Waals surface area contributed by atoms with Crippen LogP contribution in [0.15, 0.2) is 11.1 Å². The van der Waals surface area contributed by atoms with Gasteiger partial charge in [0.25, 0.3) is 0 Å². The first-order valence-corrected chi connectivity index (χ1v) is 9.39. The lowest BCUT2D eigenvalue weighted by molar-refractivity contribution is 0.447. The largest absolute Gasteiger partial charge is 0.341 e. The summed E-state index contributed by atoms with van der Waals surface area (Å²) >= 11 is 0. The third-order valence-corrected chi connectivity index (χ3v) is 5.01. The van der Waals surface area contributed by atoms with Gasteiger partial charge in [0, 0.05) is 31.8 Å². The van der Waals surface area contributed by atoms with Crippen LogP contribution >= 0.6 is 0 Å². The molecule has 6 nitrogen and oxygen atoms in total. The van der Waals surface area contributed by atoms with E-state index in [9.17, 15) is 8.42 Å². The second kappa shape index (κ2) is 6.70. The fourth-order valence-electron chi connectivity index (χ4n) is 2.70. The molecule has 1 saturated heterocycles. The number of nitrogens with one attached hydrogen (secondary N) is 1. The zero-order chi connectivity index (χ0) is 15.5. The van der Waals surface area contributed by atoms with Crippen LogP contribution in [0.2, 0.25) is 0 Å². The van der Waals surface area contributed by atoms with E-state index < -0.39 is 9.84 Å². The highest BCUT2D eigenvalue weighted by molar-refractivity contribution is 7.90. The molecule has 2 rings (SSSR count). The molecule has 0 saturated carbocycles. The van der Waals surface area contributed by atoms with Gasteiger partial charge in [-0.3, -0.25) is 0 Å². The van der Waals surface area contributed by atoms with E-state index in [-0.39, 0.29) is 10.8 Å². The van der Waals surface area contributed by atoms with Crippen LogP contribution in [0.25, 0.3) is 0 Å². The third kappa shape index (κ3) is 3.71. The molecule has 1 N–H and O–H groups in total.